The second-order valence-electron chi connectivity index (χ2n) is 6.57. The SMILES string of the molecule is O=S1(=O)CC(S(=O)(=O)c2ccccc2)c2c(OCc3ccccc3)cccc21. The lowest BCUT2D eigenvalue weighted by Crippen LogP contribution is -2.16. The molecule has 1 atom stereocenters. The molecule has 3 aromatic rings. The molecule has 1 heterocycles. The highest BCUT2D eigenvalue weighted by Gasteiger charge is 2.45. The Hall–Kier alpha value is -2.64. The van der Waals surface area contributed by atoms with Crippen LogP contribution in [-0.4, -0.2) is 22.6 Å². The third-order valence-corrected chi connectivity index (χ3v) is 8.83. The topological polar surface area (TPSA) is 77.5 Å². The molecular formula is C21H18O5S2. The van der Waals surface area contributed by atoms with Gasteiger partial charge in [-0.25, -0.2) is 16.8 Å². The van der Waals surface area contributed by atoms with Crippen LogP contribution in [0.3, 0.4) is 0 Å². The first-order valence-corrected chi connectivity index (χ1v) is 11.9. The van der Waals surface area contributed by atoms with Crippen LogP contribution in [0.25, 0.3) is 0 Å². The van der Waals surface area contributed by atoms with E-state index in [4.69, 9.17) is 4.74 Å². The lowest BCUT2D eigenvalue weighted by atomic mass is 10.1. The molecule has 0 N–H and O–H groups in total. The van der Waals surface area contributed by atoms with E-state index in [0.717, 1.165) is 5.56 Å². The predicted molar refractivity (Wildman–Crippen MR) is 106 cm³/mol. The van der Waals surface area contributed by atoms with E-state index in [1.165, 1.54) is 18.2 Å². The molecular weight excluding hydrogens is 396 g/mol. The Balaban J connectivity index is 1.78. The fraction of sp³-hybridized carbons (Fsp3) is 0.143. The van der Waals surface area contributed by atoms with Crippen molar-refractivity contribution in [3.05, 3.63) is 90.0 Å². The molecule has 0 aliphatic carbocycles. The summed E-state index contributed by atoms with van der Waals surface area (Å²) in [6, 6.07) is 22.0. The van der Waals surface area contributed by atoms with E-state index in [9.17, 15) is 16.8 Å². The highest BCUT2D eigenvalue weighted by atomic mass is 32.2. The van der Waals surface area contributed by atoms with Crippen molar-refractivity contribution in [3.8, 4) is 5.75 Å². The number of hydrogen-bond donors (Lipinski definition) is 0. The molecule has 4 rings (SSSR count). The van der Waals surface area contributed by atoms with Crippen LogP contribution >= 0.6 is 0 Å². The maximum Gasteiger partial charge on any atom is 0.186 e. The van der Waals surface area contributed by atoms with Crippen molar-refractivity contribution in [3.63, 3.8) is 0 Å². The van der Waals surface area contributed by atoms with Gasteiger partial charge in [0.1, 0.15) is 17.6 Å². The summed E-state index contributed by atoms with van der Waals surface area (Å²) < 4.78 is 57.5. The maximum absolute atomic E-state index is 13.2. The fourth-order valence-electron chi connectivity index (χ4n) is 3.37. The molecule has 7 heteroatoms. The van der Waals surface area contributed by atoms with Crippen molar-refractivity contribution in [2.75, 3.05) is 5.75 Å². The Morgan fingerprint density at radius 1 is 0.857 bits per heavy atom. The lowest BCUT2D eigenvalue weighted by molar-refractivity contribution is 0.302. The molecule has 0 aromatic heterocycles. The molecule has 5 nitrogen and oxygen atoms in total. The number of fused-ring (bicyclic) bond motifs is 1. The van der Waals surface area contributed by atoms with Crippen LogP contribution in [0.1, 0.15) is 16.4 Å². The largest absolute Gasteiger partial charge is 0.489 e. The number of benzene rings is 3. The summed E-state index contributed by atoms with van der Waals surface area (Å²) in [6.07, 6.45) is 0. The number of ether oxygens (including phenoxy) is 1. The van der Waals surface area contributed by atoms with Crippen molar-refractivity contribution >= 4 is 19.7 Å². The predicted octanol–water partition coefficient (Wildman–Crippen LogP) is 3.57. The number of sulfone groups is 2. The molecule has 0 radical (unpaired) electrons. The summed E-state index contributed by atoms with van der Waals surface area (Å²) in [4.78, 5) is 0.128. The lowest BCUT2D eigenvalue weighted by Gasteiger charge is -2.16. The summed E-state index contributed by atoms with van der Waals surface area (Å²) in [5, 5.41) is -1.19. The van der Waals surface area contributed by atoms with E-state index >= 15 is 0 Å². The Morgan fingerprint density at radius 2 is 1.50 bits per heavy atom. The Bertz CT molecular complexity index is 1200. The summed E-state index contributed by atoms with van der Waals surface area (Å²) in [7, 11) is -7.60. The van der Waals surface area contributed by atoms with E-state index in [1.54, 1.807) is 30.3 Å². The van der Waals surface area contributed by atoms with Crippen molar-refractivity contribution < 1.29 is 21.6 Å². The highest BCUT2D eigenvalue weighted by Crippen LogP contribution is 2.45. The molecule has 3 aromatic carbocycles. The number of rotatable bonds is 5. The van der Waals surface area contributed by atoms with Crippen LogP contribution in [0.5, 0.6) is 5.75 Å². The second-order valence-corrected chi connectivity index (χ2v) is 10.7. The van der Waals surface area contributed by atoms with Gasteiger partial charge in [0.2, 0.25) is 0 Å². The zero-order valence-electron chi connectivity index (χ0n) is 14.9. The Labute approximate surface area is 164 Å². The maximum atomic E-state index is 13.2. The van der Waals surface area contributed by atoms with Crippen molar-refractivity contribution in [1.82, 2.24) is 0 Å². The second kappa shape index (κ2) is 7.07. The minimum Gasteiger partial charge on any atom is -0.489 e. The van der Waals surface area contributed by atoms with Crippen LogP contribution in [0.2, 0.25) is 0 Å². The van der Waals surface area contributed by atoms with Gasteiger partial charge in [0, 0.05) is 5.56 Å². The molecule has 0 amide bonds. The molecule has 1 unspecified atom stereocenters. The van der Waals surface area contributed by atoms with Gasteiger partial charge in [0.15, 0.2) is 19.7 Å². The van der Waals surface area contributed by atoms with Crippen molar-refractivity contribution in [2.24, 2.45) is 0 Å². The molecule has 144 valence electrons. The Morgan fingerprint density at radius 3 is 2.18 bits per heavy atom. The Kier molecular flexibility index (Phi) is 4.72. The quantitative estimate of drug-likeness (QED) is 0.638. The van der Waals surface area contributed by atoms with E-state index in [1.807, 2.05) is 30.3 Å². The third kappa shape index (κ3) is 3.31. The van der Waals surface area contributed by atoms with Crippen molar-refractivity contribution in [2.45, 2.75) is 21.6 Å². The van der Waals surface area contributed by atoms with Gasteiger partial charge in [0.25, 0.3) is 0 Å². The first-order chi connectivity index (χ1) is 13.4. The fourth-order valence-corrected chi connectivity index (χ4v) is 7.72. The van der Waals surface area contributed by atoms with Gasteiger partial charge in [-0.15, -0.1) is 0 Å². The van der Waals surface area contributed by atoms with Gasteiger partial charge in [-0.1, -0.05) is 54.6 Å². The van der Waals surface area contributed by atoms with Crippen LogP contribution in [0.4, 0.5) is 0 Å². The van der Waals surface area contributed by atoms with Gasteiger partial charge in [0.05, 0.1) is 15.5 Å². The molecule has 1 aliphatic rings. The van der Waals surface area contributed by atoms with Crippen LogP contribution in [-0.2, 0) is 26.3 Å². The third-order valence-electron chi connectivity index (χ3n) is 4.74. The van der Waals surface area contributed by atoms with E-state index in [2.05, 4.69) is 0 Å². The molecule has 0 fully saturated rings. The van der Waals surface area contributed by atoms with E-state index in [-0.39, 0.29) is 27.7 Å². The van der Waals surface area contributed by atoms with E-state index < -0.39 is 30.7 Å². The summed E-state index contributed by atoms with van der Waals surface area (Å²) in [5.41, 5.74) is 1.13. The van der Waals surface area contributed by atoms with Gasteiger partial charge in [-0.2, -0.15) is 0 Å². The van der Waals surface area contributed by atoms with Gasteiger partial charge >= 0.3 is 0 Å². The van der Waals surface area contributed by atoms with E-state index in [0.29, 0.717) is 0 Å². The van der Waals surface area contributed by atoms with Crippen LogP contribution in [0.15, 0.2) is 88.7 Å². The smallest absolute Gasteiger partial charge is 0.186 e. The first-order valence-electron chi connectivity index (χ1n) is 8.71. The molecule has 0 spiro atoms. The first kappa shape index (κ1) is 18.7. The highest BCUT2D eigenvalue weighted by molar-refractivity contribution is 7.96. The van der Waals surface area contributed by atoms with Crippen LogP contribution < -0.4 is 4.74 Å². The van der Waals surface area contributed by atoms with Crippen LogP contribution in [0, 0.1) is 0 Å². The minimum atomic E-state index is -3.89. The summed E-state index contributed by atoms with van der Waals surface area (Å²) in [5.74, 6) is -0.197. The average Bonchev–Trinajstić information content (AvgIpc) is 3.00. The summed E-state index contributed by atoms with van der Waals surface area (Å²) in [6.45, 7) is 0.218. The normalized spacial score (nSPS) is 17.8. The monoisotopic (exact) mass is 414 g/mol. The molecule has 0 saturated heterocycles. The van der Waals surface area contributed by atoms with Gasteiger partial charge in [-0.05, 0) is 29.8 Å². The number of hydrogen-bond acceptors (Lipinski definition) is 5. The van der Waals surface area contributed by atoms with Gasteiger partial charge < -0.3 is 4.74 Å². The van der Waals surface area contributed by atoms with Crippen molar-refractivity contribution in [1.29, 1.82) is 0 Å². The zero-order valence-corrected chi connectivity index (χ0v) is 16.5. The average molecular weight is 415 g/mol. The molecule has 0 saturated carbocycles. The molecule has 1 aliphatic heterocycles. The molecule has 28 heavy (non-hydrogen) atoms. The minimum absolute atomic E-state index is 0.0302. The zero-order chi connectivity index (χ0) is 19.8. The summed E-state index contributed by atoms with van der Waals surface area (Å²) >= 11 is 0. The molecule has 0 bridgehead atoms. The standard InChI is InChI=1S/C21H18O5S2/c22-27(23)15-20(28(24,25)17-10-5-2-6-11-17)21-18(12-7-13-19(21)27)26-14-16-8-3-1-4-9-16/h1-13,20H,14-15H2. The van der Waals surface area contributed by atoms with Gasteiger partial charge in [-0.3, -0.25) is 0 Å².